The average Bonchev–Trinajstić information content (AvgIpc) is 2.87. The summed E-state index contributed by atoms with van der Waals surface area (Å²) >= 11 is 0. The van der Waals surface area contributed by atoms with E-state index in [2.05, 4.69) is 5.10 Å². The molecule has 1 aromatic rings. The summed E-state index contributed by atoms with van der Waals surface area (Å²) in [4.78, 5) is 13.7. The molecule has 0 aromatic carbocycles. The zero-order valence-corrected chi connectivity index (χ0v) is 13.6. The number of sulfone groups is 1. The molecule has 0 bridgehead atoms. The number of aromatic nitrogens is 2. The van der Waals surface area contributed by atoms with Gasteiger partial charge in [-0.25, -0.2) is 8.42 Å². The number of likely N-dealkylation sites (N-methyl/N-ethyl adjacent to an activating group) is 1. The highest BCUT2D eigenvalue weighted by Crippen LogP contribution is 2.18. The predicted octanol–water partition coefficient (Wildman–Crippen LogP) is 0.696. The molecule has 1 atom stereocenters. The highest BCUT2D eigenvalue weighted by atomic mass is 32.2. The number of aryl methyl sites for hydroxylation is 2. The van der Waals surface area contributed by atoms with E-state index in [9.17, 15) is 13.2 Å². The van der Waals surface area contributed by atoms with E-state index in [4.69, 9.17) is 0 Å². The van der Waals surface area contributed by atoms with Crippen LogP contribution in [0.5, 0.6) is 0 Å². The summed E-state index contributed by atoms with van der Waals surface area (Å²) < 4.78 is 24.7. The van der Waals surface area contributed by atoms with Crippen molar-refractivity contribution in [3.63, 3.8) is 0 Å². The molecule has 116 valence electrons. The lowest BCUT2D eigenvalue weighted by Crippen LogP contribution is -2.36. The van der Waals surface area contributed by atoms with Crippen LogP contribution in [0.3, 0.4) is 0 Å². The van der Waals surface area contributed by atoms with Crippen LogP contribution in [-0.2, 0) is 21.7 Å². The lowest BCUT2D eigenvalue weighted by molar-refractivity contribution is -0.126. The fourth-order valence-electron chi connectivity index (χ4n) is 2.56. The van der Waals surface area contributed by atoms with Crippen LogP contribution in [0.15, 0.2) is 6.08 Å². The van der Waals surface area contributed by atoms with Crippen molar-refractivity contribution in [3.8, 4) is 0 Å². The van der Waals surface area contributed by atoms with Gasteiger partial charge in [-0.15, -0.1) is 0 Å². The number of amides is 1. The van der Waals surface area contributed by atoms with Gasteiger partial charge in [0.05, 0.1) is 17.2 Å². The third-order valence-electron chi connectivity index (χ3n) is 4.06. The van der Waals surface area contributed by atoms with Crippen LogP contribution in [0.2, 0.25) is 0 Å². The summed E-state index contributed by atoms with van der Waals surface area (Å²) in [5.41, 5.74) is 2.78. The van der Waals surface area contributed by atoms with Gasteiger partial charge in [0.25, 0.3) is 0 Å². The quantitative estimate of drug-likeness (QED) is 0.770. The minimum atomic E-state index is -2.98. The molecule has 0 radical (unpaired) electrons. The number of carbonyl (C=O) groups excluding carboxylic acids is 1. The van der Waals surface area contributed by atoms with E-state index in [1.165, 1.54) is 11.0 Å². The van der Waals surface area contributed by atoms with E-state index in [0.717, 1.165) is 17.0 Å². The Kier molecular flexibility index (Phi) is 4.22. The van der Waals surface area contributed by atoms with Gasteiger partial charge in [-0.3, -0.25) is 9.48 Å². The predicted molar refractivity (Wildman–Crippen MR) is 81.5 cm³/mol. The monoisotopic (exact) mass is 311 g/mol. The number of hydrogen-bond donors (Lipinski definition) is 0. The zero-order valence-electron chi connectivity index (χ0n) is 12.8. The number of nitrogens with zero attached hydrogens (tertiary/aromatic N) is 3. The Morgan fingerprint density at radius 2 is 2.10 bits per heavy atom. The van der Waals surface area contributed by atoms with Gasteiger partial charge in [0.1, 0.15) is 0 Å². The lowest BCUT2D eigenvalue weighted by atomic mass is 10.1. The Labute approximate surface area is 125 Å². The van der Waals surface area contributed by atoms with Crippen molar-refractivity contribution in [1.82, 2.24) is 14.7 Å². The first-order chi connectivity index (χ1) is 9.71. The molecule has 0 N–H and O–H groups in total. The smallest absolute Gasteiger partial charge is 0.246 e. The molecule has 21 heavy (non-hydrogen) atoms. The minimum absolute atomic E-state index is 0.0635. The summed E-state index contributed by atoms with van der Waals surface area (Å²) in [6.45, 7) is 3.84. The largest absolute Gasteiger partial charge is 0.338 e. The minimum Gasteiger partial charge on any atom is -0.338 e. The van der Waals surface area contributed by atoms with Crippen LogP contribution in [0.1, 0.15) is 23.4 Å². The summed E-state index contributed by atoms with van der Waals surface area (Å²) in [5.74, 6) is 0.0492. The van der Waals surface area contributed by atoms with Gasteiger partial charge in [0, 0.05) is 37.5 Å². The molecule has 6 nitrogen and oxygen atoms in total. The fourth-order valence-corrected chi connectivity index (χ4v) is 4.34. The maximum absolute atomic E-state index is 12.2. The first-order valence-corrected chi connectivity index (χ1v) is 8.69. The van der Waals surface area contributed by atoms with Gasteiger partial charge in [0.15, 0.2) is 9.84 Å². The van der Waals surface area contributed by atoms with Crippen LogP contribution in [0.25, 0.3) is 6.08 Å². The Balaban J connectivity index is 2.09. The first-order valence-electron chi connectivity index (χ1n) is 6.87. The topological polar surface area (TPSA) is 72.3 Å². The third-order valence-corrected chi connectivity index (χ3v) is 5.81. The Morgan fingerprint density at radius 3 is 2.57 bits per heavy atom. The van der Waals surface area contributed by atoms with E-state index in [0.29, 0.717) is 6.42 Å². The molecule has 1 aromatic heterocycles. The summed E-state index contributed by atoms with van der Waals surface area (Å²) in [6, 6.07) is -0.219. The second-order valence-corrected chi connectivity index (χ2v) is 7.78. The Morgan fingerprint density at radius 1 is 1.43 bits per heavy atom. The zero-order chi connectivity index (χ0) is 15.8. The normalized spacial score (nSPS) is 21.0. The molecule has 7 heteroatoms. The van der Waals surface area contributed by atoms with E-state index >= 15 is 0 Å². The van der Waals surface area contributed by atoms with Crippen LogP contribution >= 0.6 is 0 Å². The van der Waals surface area contributed by atoms with Gasteiger partial charge in [-0.1, -0.05) is 0 Å². The SMILES string of the molecule is Cc1nn(C)c(C)c1/C=C/C(=O)N(C)[C@@H]1CCS(=O)(=O)C1. The van der Waals surface area contributed by atoms with E-state index in [1.54, 1.807) is 17.8 Å². The van der Waals surface area contributed by atoms with Crippen molar-refractivity contribution in [1.29, 1.82) is 0 Å². The van der Waals surface area contributed by atoms with Gasteiger partial charge >= 0.3 is 0 Å². The maximum Gasteiger partial charge on any atom is 0.246 e. The van der Waals surface area contributed by atoms with Gasteiger partial charge in [0.2, 0.25) is 5.91 Å². The molecule has 2 rings (SSSR count). The van der Waals surface area contributed by atoms with E-state index < -0.39 is 9.84 Å². The summed E-state index contributed by atoms with van der Waals surface area (Å²) in [7, 11) is 0.530. The van der Waals surface area contributed by atoms with Crippen LogP contribution in [0.4, 0.5) is 0 Å². The van der Waals surface area contributed by atoms with E-state index in [-0.39, 0.29) is 23.5 Å². The van der Waals surface area contributed by atoms with Crippen LogP contribution in [-0.4, -0.2) is 53.6 Å². The first kappa shape index (κ1) is 15.8. The van der Waals surface area contributed by atoms with Gasteiger partial charge in [-0.05, 0) is 26.3 Å². The average molecular weight is 311 g/mol. The molecule has 0 unspecified atom stereocenters. The molecule has 1 aliphatic heterocycles. The van der Waals surface area contributed by atoms with Gasteiger partial charge < -0.3 is 4.90 Å². The molecule has 1 amide bonds. The molecule has 0 spiro atoms. The molecule has 1 fully saturated rings. The van der Waals surface area contributed by atoms with Crippen molar-refractivity contribution >= 4 is 21.8 Å². The molecule has 0 aliphatic carbocycles. The highest BCUT2D eigenvalue weighted by molar-refractivity contribution is 7.91. The lowest BCUT2D eigenvalue weighted by Gasteiger charge is -2.21. The van der Waals surface area contributed by atoms with Crippen molar-refractivity contribution < 1.29 is 13.2 Å². The van der Waals surface area contributed by atoms with Crippen molar-refractivity contribution in [2.24, 2.45) is 7.05 Å². The number of rotatable bonds is 3. The Hall–Kier alpha value is -1.63. The second kappa shape index (κ2) is 5.63. The highest BCUT2D eigenvalue weighted by Gasteiger charge is 2.32. The van der Waals surface area contributed by atoms with Gasteiger partial charge in [-0.2, -0.15) is 5.10 Å². The molecule has 1 saturated heterocycles. The fraction of sp³-hybridized carbons (Fsp3) is 0.571. The Bertz CT molecular complexity index is 689. The third kappa shape index (κ3) is 3.34. The van der Waals surface area contributed by atoms with Crippen molar-refractivity contribution in [3.05, 3.63) is 23.0 Å². The molecule has 0 saturated carbocycles. The van der Waals surface area contributed by atoms with Crippen LogP contribution < -0.4 is 0 Å². The number of hydrogen-bond acceptors (Lipinski definition) is 4. The molecule has 1 aliphatic rings. The van der Waals surface area contributed by atoms with Crippen molar-refractivity contribution in [2.75, 3.05) is 18.6 Å². The van der Waals surface area contributed by atoms with E-state index in [1.807, 2.05) is 20.9 Å². The summed E-state index contributed by atoms with van der Waals surface area (Å²) in [5, 5.41) is 4.29. The standard InChI is InChI=1S/C14H21N3O3S/c1-10-13(11(2)17(4)15-10)5-6-14(18)16(3)12-7-8-21(19,20)9-12/h5-6,12H,7-9H2,1-4H3/b6-5+/t12-/m1/s1. The van der Waals surface area contributed by atoms with Crippen LogP contribution in [0, 0.1) is 13.8 Å². The molecule has 2 heterocycles. The number of carbonyl (C=O) groups is 1. The second-order valence-electron chi connectivity index (χ2n) is 5.55. The van der Waals surface area contributed by atoms with Crippen molar-refractivity contribution in [2.45, 2.75) is 26.3 Å². The molecular formula is C14H21N3O3S. The molecular weight excluding hydrogens is 290 g/mol. The summed E-state index contributed by atoms with van der Waals surface area (Å²) in [6.07, 6.45) is 3.76. The maximum atomic E-state index is 12.2.